The van der Waals surface area contributed by atoms with E-state index >= 15 is 0 Å². The molecule has 1 fully saturated rings. The molecule has 0 amide bonds. The highest BCUT2D eigenvalue weighted by atomic mass is 32.2. The second-order valence-corrected chi connectivity index (χ2v) is 10.2. The Hall–Kier alpha value is -0.530. The fourth-order valence-corrected chi connectivity index (χ4v) is 5.92. The summed E-state index contributed by atoms with van der Waals surface area (Å²) in [6.07, 6.45) is 6.19. The molecule has 1 aliphatic carbocycles. The normalized spacial score (nSPS) is 23.2. The molecule has 0 bridgehead atoms. The molecule has 0 aromatic carbocycles. The van der Waals surface area contributed by atoms with Gasteiger partial charge in [0, 0.05) is 11.3 Å². The van der Waals surface area contributed by atoms with Crippen LogP contribution in [0.25, 0.3) is 0 Å². The molecule has 1 aromatic rings. The monoisotopic (exact) mass is 359 g/mol. The molecule has 1 saturated carbocycles. The number of sulfonamides is 1. The zero-order valence-electron chi connectivity index (χ0n) is 15.0. The van der Waals surface area contributed by atoms with Gasteiger partial charge in [0.25, 0.3) is 0 Å². The third-order valence-electron chi connectivity index (χ3n) is 4.41. The summed E-state index contributed by atoms with van der Waals surface area (Å²) in [6.45, 7) is 9.70. The number of hydrogen-bond acceptors (Lipinski definition) is 4. The van der Waals surface area contributed by atoms with Gasteiger partial charge in [-0.2, -0.15) is 16.9 Å². The summed E-state index contributed by atoms with van der Waals surface area (Å²) in [5, 5.41) is 5.02. The maximum atomic E-state index is 12.9. The number of nitrogens with one attached hydrogen (secondary N) is 1. The lowest BCUT2D eigenvalue weighted by Crippen LogP contribution is -2.39. The molecule has 7 heteroatoms. The quantitative estimate of drug-likeness (QED) is 0.896. The maximum absolute atomic E-state index is 12.9. The molecule has 2 unspecified atom stereocenters. The first-order valence-corrected chi connectivity index (χ1v) is 10.9. The van der Waals surface area contributed by atoms with Crippen molar-refractivity contribution in [2.24, 2.45) is 0 Å². The number of aryl methyl sites for hydroxylation is 1. The van der Waals surface area contributed by atoms with Gasteiger partial charge < -0.3 is 0 Å². The third-order valence-corrected chi connectivity index (χ3v) is 7.28. The van der Waals surface area contributed by atoms with Crippen LogP contribution in [0.3, 0.4) is 0 Å². The molecule has 5 nitrogen and oxygen atoms in total. The summed E-state index contributed by atoms with van der Waals surface area (Å²) in [7, 11) is -3.53. The van der Waals surface area contributed by atoms with Crippen LogP contribution in [0.15, 0.2) is 4.90 Å². The Kier molecular flexibility index (Phi) is 5.53. The lowest BCUT2D eigenvalue weighted by Gasteiger charge is -2.28. The summed E-state index contributed by atoms with van der Waals surface area (Å²) < 4.78 is 30.5. The van der Waals surface area contributed by atoms with E-state index in [9.17, 15) is 8.42 Å². The molecular weight excluding hydrogens is 330 g/mol. The Labute approximate surface area is 144 Å². The van der Waals surface area contributed by atoms with Crippen LogP contribution in [0.1, 0.15) is 57.8 Å². The number of aromatic nitrogens is 2. The van der Waals surface area contributed by atoms with Gasteiger partial charge in [0.05, 0.1) is 16.9 Å². The number of hydrogen-bond donors (Lipinski definition) is 1. The molecule has 2 atom stereocenters. The van der Waals surface area contributed by atoms with Gasteiger partial charge in [-0.05, 0) is 60.1 Å². The van der Waals surface area contributed by atoms with Gasteiger partial charge in [0.1, 0.15) is 4.90 Å². The summed E-state index contributed by atoms with van der Waals surface area (Å²) in [5.74, 6) is 0. The van der Waals surface area contributed by atoms with Crippen LogP contribution in [0.5, 0.6) is 0 Å². The van der Waals surface area contributed by atoms with E-state index in [-0.39, 0.29) is 11.6 Å². The summed E-state index contributed by atoms with van der Waals surface area (Å²) in [5.41, 5.74) is 1.04. The Morgan fingerprint density at radius 3 is 2.43 bits per heavy atom. The highest BCUT2D eigenvalue weighted by Crippen LogP contribution is 2.29. The molecule has 1 N–H and O–H groups in total. The predicted molar refractivity (Wildman–Crippen MR) is 96.6 cm³/mol. The fraction of sp³-hybridized carbons (Fsp3) is 0.812. The van der Waals surface area contributed by atoms with Gasteiger partial charge in [-0.15, -0.1) is 0 Å². The lowest BCUT2D eigenvalue weighted by atomic mass is 9.96. The van der Waals surface area contributed by atoms with Crippen molar-refractivity contribution in [3.05, 3.63) is 11.4 Å². The van der Waals surface area contributed by atoms with Crippen molar-refractivity contribution >= 4 is 21.8 Å². The third kappa shape index (κ3) is 4.12. The average Bonchev–Trinajstić information content (AvgIpc) is 2.74. The molecule has 1 aliphatic rings. The predicted octanol–water partition coefficient (Wildman–Crippen LogP) is 3.21. The Balaban J connectivity index is 2.28. The zero-order valence-corrected chi connectivity index (χ0v) is 16.6. The molecule has 0 radical (unpaired) electrons. The van der Waals surface area contributed by atoms with Crippen LogP contribution in [0.4, 0.5) is 0 Å². The van der Waals surface area contributed by atoms with Crippen molar-refractivity contribution in [3.8, 4) is 0 Å². The molecule has 2 rings (SSSR count). The second kappa shape index (κ2) is 6.76. The summed E-state index contributed by atoms with van der Waals surface area (Å²) in [6, 6.07) is 0.0305. The van der Waals surface area contributed by atoms with Gasteiger partial charge in [-0.25, -0.2) is 13.1 Å². The van der Waals surface area contributed by atoms with Gasteiger partial charge in [0.2, 0.25) is 10.0 Å². The largest absolute Gasteiger partial charge is 0.263 e. The molecule has 1 heterocycles. The number of nitrogens with zero attached hydrogens (tertiary/aromatic N) is 2. The Bertz CT molecular complexity index is 660. The van der Waals surface area contributed by atoms with Crippen molar-refractivity contribution in [1.82, 2.24) is 14.5 Å². The van der Waals surface area contributed by atoms with E-state index in [1.807, 2.05) is 44.1 Å². The first kappa shape index (κ1) is 18.8. The SMILES string of the molecule is CSC1CCCC(NS(=O)(=O)c2c(C)nn(C(C)(C)C)c2C)C1. The summed E-state index contributed by atoms with van der Waals surface area (Å²) >= 11 is 1.83. The second-order valence-electron chi connectivity index (χ2n) is 7.43. The van der Waals surface area contributed by atoms with Gasteiger partial charge in [-0.1, -0.05) is 6.42 Å². The summed E-state index contributed by atoms with van der Waals surface area (Å²) in [4.78, 5) is 0.346. The first-order valence-electron chi connectivity index (χ1n) is 8.18. The Morgan fingerprint density at radius 2 is 1.91 bits per heavy atom. The first-order chi connectivity index (χ1) is 10.6. The molecule has 23 heavy (non-hydrogen) atoms. The Morgan fingerprint density at radius 1 is 1.26 bits per heavy atom. The molecular formula is C16H29N3O2S2. The average molecular weight is 360 g/mol. The highest BCUT2D eigenvalue weighted by Gasteiger charge is 2.31. The fourth-order valence-electron chi connectivity index (χ4n) is 3.41. The van der Waals surface area contributed by atoms with E-state index in [1.54, 1.807) is 6.92 Å². The highest BCUT2D eigenvalue weighted by molar-refractivity contribution is 7.99. The van der Waals surface area contributed by atoms with E-state index in [1.165, 1.54) is 6.42 Å². The lowest BCUT2D eigenvalue weighted by molar-refractivity contribution is 0.345. The molecule has 0 saturated heterocycles. The van der Waals surface area contributed by atoms with Crippen LogP contribution in [-0.4, -0.2) is 35.7 Å². The number of thioether (sulfide) groups is 1. The van der Waals surface area contributed by atoms with Crippen molar-refractivity contribution in [2.45, 2.75) is 82.0 Å². The van der Waals surface area contributed by atoms with E-state index in [2.05, 4.69) is 16.1 Å². The van der Waals surface area contributed by atoms with Crippen LogP contribution in [0, 0.1) is 13.8 Å². The topological polar surface area (TPSA) is 64.0 Å². The van der Waals surface area contributed by atoms with Crippen LogP contribution in [0.2, 0.25) is 0 Å². The molecule has 132 valence electrons. The van der Waals surface area contributed by atoms with Crippen molar-refractivity contribution < 1.29 is 8.42 Å². The van der Waals surface area contributed by atoms with Crippen LogP contribution < -0.4 is 4.72 Å². The van der Waals surface area contributed by atoms with E-state index in [0.717, 1.165) is 19.3 Å². The van der Waals surface area contributed by atoms with E-state index in [4.69, 9.17) is 0 Å². The number of rotatable bonds is 4. The maximum Gasteiger partial charge on any atom is 0.244 e. The molecule has 1 aromatic heterocycles. The minimum absolute atomic E-state index is 0.0305. The van der Waals surface area contributed by atoms with Gasteiger partial charge in [0.15, 0.2) is 0 Å². The molecule has 0 aliphatic heterocycles. The van der Waals surface area contributed by atoms with Crippen molar-refractivity contribution in [2.75, 3.05) is 6.26 Å². The van der Waals surface area contributed by atoms with Gasteiger partial charge in [-0.3, -0.25) is 4.68 Å². The smallest absolute Gasteiger partial charge is 0.244 e. The molecule has 0 spiro atoms. The van der Waals surface area contributed by atoms with Crippen molar-refractivity contribution in [1.29, 1.82) is 0 Å². The standard InChI is InChI=1S/C16H29N3O2S2/c1-11-15(12(2)19(17-11)16(3,4)5)23(20,21)18-13-8-7-9-14(10-13)22-6/h13-14,18H,7-10H2,1-6H3. The minimum Gasteiger partial charge on any atom is -0.263 e. The zero-order chi connectivity index (χ0) is 17.4. The minimum atomic E-state index is -3.53. The van der Waals surface area contributed by atoms with Crippen molar-refractivity contribution in [3.63, 3.8) is 0 Å². The van der Waals surface area contributed by atoms with Crippen LogP contribution >= 0.6 is 11.8 Å². The van der Waals surface area contributed by atoms with E-state index < -0.39 is 10.0 Å². The van der Waals surface area contributed by atoms with E-state index in [0.29, 0.717) is 21.5 Å². The van der Waals surface area contributed by atoms with Crippen LogP contribution in [-0.2, 0) is 15.6 Å². The van der Waals surface area contributed by atoms with Gasteiger partial charge >= 0.3 is 0 Å².